The summed E-state index contributed by atoms with van der Waals surface area (Å²) in [6.45, 7) is 6.16. The van der Waals surface area contributed by atoms with Crippen molar-refractivity contribution in [1.82, 2.24) is 4.98 Å². The van der Waals surface area contributed by atoms with Crippen molar-refractivity contribution in [3.63, 3.8) is 0 Å². The SMILES string of the molecule is CCN(CC)c1cccc2c3cccc(C(=O)c4ccccc4Br)cc-3nc12. The van der Waals surface area contributed by atoms with Crippen molar-refractivity contribution >= 4 is 38.3 Å². The molecule has 28 heavy (non-hydrogen) atoms. The van der Waals surface area contributed by atoms with Crippen LogP contribution in [0.15, 0.2) is 71.2 Å². The second kappa shape index (κ2) is 7.72. The maximum absolute atomic E-state index is 13.1. The standard InChI is InChI=1S/C24H21BrN2O/c1-3-27(4-2)22-14-8-12-18-17-11-7-9-16(15-21(17)26-23(18)22)24(28)19-10-5-6-13-20(19)25/h5-15H,3-4H2,1-2H3. The first-order valence-corrected chi connectivity index (χ1v) is 10.3. The van der Waals surface area contributed by atoms with Gasteiger partial charge in [-0.3, -0.25) is 4.79 Å². The van der Waals surface area contributed by atoms with Crippen LogP contribution in [0.25, 0.3) is 22.2 Å². The third-order valence-corrected chi connectivity index (χ3v) is 5.82. The molecule has 0 atom stereocenters. The van der Waals surface area contributed by atoms with E-state index in [0.717, 1.165) is 45.4 Å². The Bertz CT molecular complexity index is 1130. The van der Waals surface area contributed by atoms with E-state index in [2.05, 4.69) is 52.9 Å². The molecule has 0 spiro atoms. The number of carbonyl (C=O) groups excluding carboxylic acids is 1. The van der Waals surface area contributed by atoms with Crippen LogP contribution in [0.2, 0.25) is 0 Å². The fraction of sp³-hybridized carbons (Fsp3) is 0.167. The Morgan fingerprint density at radius 1 is 0.964 bits per heavy atom. The molecule has 0 radical (unpaired) electrons. The Hall–Kier alpha value is -2.72. The summed E-state index contributed by atoms with van der Waals surface area (Å²) in [5.41, 5.74) is 5.33. The zero-order valence-corrected chi connectivity index (χ0v) is 17.5. The average molecular weight is 433 g/mol. The molecule has 0 unspecified atom stereocenters. The smallest absolute Gasteiger partial charge is 0.194 e. The van der Waals surface area contributed by atoms with Gasteiger partial charge in [-0.25, -0.2) is 4.98 Å². The van der Waals surface area contributed by atoms with Gasteiger partial charge in [-0.1, -0.05) is 58.4 Å². The van der Waals surface area contributed by atoms with E-state index in [0.29, 0.717) is 11.1 Å². The lowest BCUT2D eigenvalue weighted by Crippen LogP contribution is -2.21. The third-order valence-electron chi connectivity index (χ3n) is 5.13. The van der Waals surface area contributed by atoms with E-state index in [1.54, 1.807) is 0 Å². The lowest BCUT2D eigenvalue weighted by Gasteiger charge is -2.21. The van der Waals surface area contributed by atoms with E-state index in [4.69, 9.17) is 4.98 Å². The van der Waals surface area contributed by atoms with Crippen LogP contribution < -0.4 is 4.90 Å². The summed E-state index contributed by atoms with van der Waals surface area (Å²) in [4.78, 5) is 20.3. The molecule has 4 heteroatoms. The highest BCUT2D eigenvalue weighted by Gasteiger charge is 2.18. The summed E-state index contributed by atoms with van der Waals surface area (Å²) in [6, 6.07) is 21.6. The van der Waals surface area contributed by atoms with E-state index in [-0.39, 0.29) is 5.78 Å². The van der Waals surface area contributed by atoms with Crippen LogP contribution in [0.4, 0.5) is 5.69 Å². The van der Waals surface area contributed by atoms with Gasteiger partial charge in [0.05, 0.1) is 16.9 Å². The molecule has 4 rings (SSSR count). The molecule has 0 bridgehead atoms. The van der Waals surface area contributed by atoms with E-state index >= 15 is 0 Å². The summed E-state index contributed by atoms with van der Waals surface area (Å²) in [5, 5.41) is 1.12. The highest BCUT2D eigenvalue weighted by atomic mass is 79.9. The van der Waals surface area contributed by atoms with Gasteiger partial charge < -0.3 is 4.90 Å². The number of anilines is 1. The quantitative estimate of drug-likeness (QED) is 0.353. The van der Waals surface area contributed by atoms with Gasteiger partial charge in [-0.05, 0) is 38.1 Å². The highest BCUT2D eigenvalue weighted by molar-refractivity contribution is 9.10. The molecule has 0 aromatic heterocycles. The first-order valence-electron chi connectivity index (χ1n) is 9.50. The van der Waals surface area contributed by atoms with E-state index in [1.807, 2.05) is 48.5 Å². The van der Waals surface area contributed by atoms with Gasteiger partial charge in [0.25, 0.3) is 0 Å². The number of aromatic nitrogens is 1. The van der Waals surface area contributed by atoms with E-state index < -0.39 is 0 Å². The van der Waals surface area contributed by atoms with Gasteiger partial charge in [0.1, 0.15) is 0 Å². The summed E-state index contributed by atoms with van der Waals surface area (Å²) in [7, 11) is 0. The van der Waals surface area contributed by atoms with Gasteiger partial charge in [-0.2, -0.15) is 0 Å². The molecule has 0 saturated heterocycles. The normalized spacial score (nSPS) is 11.1. The van der Waals surface area contributed by atoms with Gasteiger partial charge in [0.15, 0.2) is 5.78 Å². The molecule has 140 valence electrons. The van der Waals surface area contributed by atoms with E-state index in [1.165, 1.54) is 0 Å². The molecule has 2 aliphatic rings. The second-order valence-electron chi connectivity index (χ2n) is 6.69. The first-order chi connectivity index (χ1) is 13.6. The molecule has 0 amide bonds. The second-order valence-corrected chi connectivity index (χ2v) is 7.55. The summed E-state index contributed by atoms with van der Waals surface area (Å²) in [5.74, 6) is -0.0130. The zero-order valence-electron chi connectivity index (χ0n) is 15.9. The number of para-hydroxylation sites is 1. The van der Waals surface area contributed by atoms with Crippen molar-refractivity contribution in [2.24, 2.45) is 0 Å². The lowest BCUT2D eigenvalue weighted by molar-refractivity contribution is 0.103. The van der Waals surface area contributed by atoms with E-state index in [9.17, 15) is 4.79 Å². The van der Waals surface area contributed by atoms with Crippen LogP contribution in [-0.4, -0.2) is 23.9 Å². The maximum atomic E-state index is 13.1. The molecule has 2 aromatic carbocycles. The number of benzene rings is 2. The Kier molecular flexibility index (Phi) is 5.14. The molecular formula is C24H21BrN2O. The molecule has 2 aromatic rings. The summed E-state index contributed by atoms with van der Waals surface area (Å²) >= 11 is 3.48. The molecule has 1 aliphatic carbocycles. The van der Waals surface area contributed by atoms with Crippen LogP contribution in [0.5, 0.6) is 0 Å². The topological polar surface area (TPSA) is 33.2 Å². The summed E-state index contributed by atoms with van der Waals surface area (Å²) in [6.07, 6.45) is 0. The zero-order chi connectivity index (χ0) is 19.7. The lowest BCUT2D eigenvalue weighted by atomic mass is 10.0. The van der Waals surface area contributed by atoms with Crippen LogP contribution in [0.1, 0.15) is 29.8 Å². The van der Waals surface area contributed by atoms with Crippen molar-refractivity contribution in [1.29, 1.82) is 0 Å². The van der Waals surface area contributed by atoms with Gasteiger partial charge >= 0.3 is 0 Å². The largest absolute Gasteiger partial charge is 0.370 e. The van der Waals surface area contributed by atoms with Crippen molar-refractivity contribution in [3.05, 3.63) is 82.3 Å². The van der Waals surface area contributed by atoms with Crippen molar-refractivity contribution in [2.45, 2.75) is 13.8 Å². The minimum absolute atomic E-state index is 0.0130. The fourth-order valence-corrected chi connectivity index (χ4v) is 4.14. The molecule has 1 aliphatic heterocycles. The number of halogens is 1. The molecule has 3 nitrogen and oxygen atoms in total. The number of ketones is 1. The number of hydrogen-bond acceptors (Lipinski definition) is 3. The Morgan fingerprint density at radius 3 is 2.46 bits per heavy atom. The van der Waals surface area contributed by atoms with Crippen molar-refractivity contribution in [3.8, 4) is 11.3 Å². The molecule has 1 heterocycles. The van der Waals surface area contributed by atoms with Crippen LogP contribution in [0, 0.1) is 0 Å². The highest BCUT2D eigenvalue weighted by Crippen LogP contribution is 2.36. The number of fused-ring (bicyclic) bond motifs is 3. The number of carbonyl (C=O) groups is 1. The van der Waals surface area contributed by atoms with Gasteiger partial charge in [0, 0.05) is 39.6 Å². The number of hydrogen-bond donors (Lipinski definition) is 0. The van der Waals surface area contributed by atoms with Gasteiger partial charge in [-0.15, -0.1) is 0 Å². The first kappa shape index (κ1) is 18.6. The minimum Gasteiger partial charge on any atom is -0.370 e. The van der Waals surface area contributed by atoms with Crippen molar-refractivity contribution < 1.29 is 4.79 Å². The van der Waals surface area contributed by atoms with Crippen LogP contribution >= 0.6 is 15.9 Å². The summed E-state index contributed by atoms with van der Waals surface area (Å²) < 4.78 is 0.798. The molecule has 0 N–H and O–H groups in total. The van der Waals surface area contributed by atoms with Gasteiger partial charge in [0.2, 0.25) is 0 Å². The van der Waals surface area contributed by atoms with Crippen LogP contribution in [0.3, 0.4) is 0 Å². The fourth-order valence-electron chi connectivity index (χ4n) is 3.67. The van der Waals surface area contributed by atoms with Crippen LogP contribution in [-0.2, 0) is 0 Å². The average Bonchev–Trinajstić information content (AvgIpc) is 2.92. The molecule has 0 saturated carbocycles. The monoisotopic (exact) mass is 432 g/mol. The predicted molar refractivity (Wildman–Crippen MR) is 120 cm³/mol. The van der Waals surface area contributed by atoms with Crippen molar-refractivity contribution in [2.75, 3.05) is 18.0 Å². The Balaban J connectivity index is 1.88. The number of nitrogens with zero attached hydrogens (tertiary/aromatic N) is 2. The Labute approximate surface area is 173 Å². The minimum atomic E-state index is -0.0130. The third kappa shape index (κ3) is 3.18. The maximum Gasteiger partial charge on any atom is 0.194 e. The Morgan fingerprint density at radius 2 is 1.71 bits per heavy atom. The predicted octanol–water partition coefficient (Wildman–Crippen LogP) is 6.18. The molecule has 0 fully saturated rings. The number of rotatable bonds is 5. The molecular weight excluding hydrogens is 412 g/mol.